The second-order valence-corrected chi connectivity index (χ2v) is 7.05. The highest BCUT2D eigenvalue weighted by Crippen LogP contribution is 2.21. The number of piperazine rings is 1. The molecule has 0 aromatic heterocycles. The Hall–Kier alpha value is -2.50. The Kier molecular flexibility index (Phi) is 7.34. The molecule has 3 rings (SSSR count). The van der Waals surface area contributed by atoms with Crippen molar-refractivity contribution in [2.45, 2.75) is 12.5 Å². The van der Waals surface area contributed by atoms with Gasteiger partial charge in [0.25, 0.3) is 0 Å². The fourth-order valence-corrected chi connectivity index (χ4v) is 3.49. The lowest BCUT2D eigenvalue weighted by Crippen LogP contribution is -2.49. The zero-order valence-corrected chi connectivity index (χ0v) is 16.6. The van der Waals surface area contributed by atoms with Crippen LogP contribution in [0.25, 0.3) is 0 Å². The molecule has 0 spiro atoms. The van der Waals surface area contributed by atoms with E-state index in [2.05, 4.69) is 28.5 Å². The van der Waals surface area contributed by atoms with Crippen LogP contribution < -0.4 is 14.4 Å². The third-order valence-corrected chi connectivity index (χ3v) is 5.05. The average Bonchev–Trinajstić information content (AvgIpc) is 2.74. The van der Waals surface area contributed by atoms with E-state index in [0.717, 1.165) is 49.7 Å². The Morgan fingerprint density at radius 3 is 2.46 bits per heavy atom. The standard InChI is InChI=1S/C23H30N2O3/c1-3-6-19-7-4-5-8-23(19)28-18-21(26)17-24-13-15-25(16-14-24)20-9-11-22(27-2)12-10-20/h3-5,7-12,21,26H,1,6,13-18H2,2H3/t21-/m0/s1. The van der Waals surface area contributed by atoms with Gasteiger partial charge >= 0.3 is 0 Å². The van der Waals surface area contributed by atoms with Crippen LogP contribution >= 0.6 is 0 Å². The zero-order valence-electron chi connectivity index (χ0n) is 16.6. The number of allylic oxidation sites excluding steroid dienone is 1. The van der Waals surface area contributed by atoms with Gasteiger partial charge in [-0.15, -0.1) is 6.58 Å². The molecule has 1 heterocycles. The highest BCUT2D eigenvalue weighted by molar-refractivity contribution is 5.49. The van der Waals surface area contributed by atoms with Crippen molar-refractivity contribution in [1.82, 2.24) is 4.90 Å². The number of para-hydroxylation sites is 1. The minimum Gasteiger partial charge on any atom is -0.497 e. The van der Waals surface area contributed by atoms with Gasteiger partial charge in [-0.25, -0.2) is 0 Å². The summed E-state index contributed by atoms with van der Waals surface area (Å²) in [6.45, 7) is 8.45. The molecule has 0 saturated carbocycles. The lowest BCUT2D eigenvalue weighted by Gasteiger charge is -2.36. The normalized spacial score (nSPS) is 15.9. The Morgan fingerprint density at radius 1 is 1.07 bits per heavy atom. The topological polar surface area (TPSA) is 45.2 Å². The minimum atomic E-state index is -0.510. The van der Waals surface area contributed by atoms with Gasteiger partial charge < -0.3 is 19.5 Å². The first-order valence-corrected chi connectivity index (χ1v) is 9.80. The maximum atomic E-state index is 10.4. The molecule has 0 bridgehead atoms. The number of nitrogens with zero attached hydrogens (tertiary/aromatic N) is 2. The van der Waals surface area contributed by atoms with Gasteiger partial charge in [-0.1, -0.05) is 24.3 Å². The summed E-state index contributed by atoms with van der Waals surface area (Å²) >= 11 is 0. The Labute approximate surface area is 167 Å². The lowest BCUT2D eigenvalue weighted by molar-refractivity contribution is 0.0660. The molecule has 2 aromatic carbocycles. The van der Waals surface area contributed by atoms with E-state index < -0.39 is 6.10 Å². The molecule has 1 saturated heterocycles. The predicted octanol–water partition coefficient (Wildman–Crippen LogP) is 2.99. The van der Waals surface area contributed by atoms with Crippen molar-refractivity contribution in [3.63, 3.8) is 0 Å². The van der Waals surface area contributed by atoms with Gasteiger partial charge in [-0.2, -0.15) is 0 Å². The number of β-amino-alcohol motifs (C(OH)–C–C–N with tert-alkyl or cyclic N) is 1. The van der Waals surface area contributed by atoms with Crippen LogP contribution in [0.15, 0.2) is 61.2 Å². The second-order valence-electron chi connectivity index (χ2n) is 7.05. The molecule has 5 nitrogen and oxygen atoms in total. The van der Waals surface area contributed by atoms with E-state index in [9.17, 15) is 5.11 Å². The maximum absolute atomic E-state index is 10.4. The largest absolute Gasteiger partial charge is 0.497 e. The third kappa shape index (κ3) is 5.50. The summed E-state index contributed by atoms with van der Waals surface area (Å²) in [5.41, 5.74) is 2.31. The van der Waals surface area contributed by atoms with Gasteiger partial charge in [0, 0.05) is 38.4 Å². The van der Waals surface area contributed by atoms with Crippen LogP contribution in [0.3, 0.4) is 0 Å². The molecule has 28 heavy (non-hydrogen) atoms. The molecule has 1 aliphatic heterocycles. The summed E-state index contributed by atoms with van der Waals surface area (Å²) in [5, 5.41) is 10.4. The predicted molar refractivity (Wildman–Crippen MR) is 113 cm³/mol. The van der Waals surface area contributed by atoms with Crippen LogP contribution in [0.2, 0.25) is 0 Å². The monoisotopic (exact) mass is 382 g/mol. The van der Waals surface area contributed by atoms with Crippen LogP contribution in [-0.4, -0.2) is 62.6 Å². The van der Waals surface area contributed by atoms with Crippen molar-refractivity contribution in [3.05, 3.63) is 66.7 Å². The highest BCUT2D eigenvalue weighted by Gasteiger charge is 2.20. The third-order valence-electron chi connectivity index (χ3n) is 5.05. The molecule has 1 atom stereocenters. The van der Waals surface area contributed by atoms with Gasteiger partial charge in [0.2, 0.25) is 0 Å². The van der Waals surface area contributed by atoms with Crippen molar-refractivity contribution < 1.29 is 14.6 Å². The number of hydrogen-bond acceptors (Lipinski definition) is 5. The zero-order chi connectivity index (χ0) is 19.8. The molecule has 0 amide bonds. The lowest BCUT2D eigenvalue weighted by atomic mass is 10.1. The Bertz CT molecular complexity index is 740. The number of benzene rings is 2. The first-order valence-electron chi connectivity index (χ1n) is 9.80. The fourth-order valence-electron chi connectivity index (χ4n) is 3.49. The SMILES string of the molecule is C=CCc1ccccc1OC[C@@H](O)CN1CCN(c2ccc(OC)cc2)CC1. The van der Waals surface area contributed by atoms with E-state index in [1.807, 2.05) is 42.5 Å². The molecule has 0 aliphatic carbocycles. The maximum Gasteiger partial charge on any atom is 0.122 e. The van der Waals surface area contributed by atoms with Crippen molar-refractivity contribution in [3.8, 4) is 11.5 Å². The molecule has 1 fully saturated rings. The van der Waals surface area contributed by atoms with E-state index in [1.165, 1.54) is 5.69 Å². The van der Waals surface area contributed by atoms with E-state index in [1.54, 1.807) is 7.11 Å². The van der Waals surface area contributed by atoms with Crippen molar-refractivity contribution in [2.24, 2.45) is 0 Å². The second kappa shape index (κ2) is 10.2. The summed E-state index contributed by atoms with van der Waals surface area (Å²) < 4.78 is 11.1. The van der Waals surface area contributed by atoms with Gasteiger partial charge in [0.15, 0.2) is 0 Å². The molecule has 0 unspecified atom stereocenters. The summed E-state index contributed by atoms with van der Waals surface area (Å²) in [6.07, 6.45) is 2.12. The highest BCUT2D eigenvalue weighted by atomic mass is 16.5. The molecule has 1 N–H and O–H groups in total. The van der Waals surface area contributed by atoms with E-state index in [-0.39, 0.29) is 0 Å². The molecule has 150 valence electrons. The summed E-state index contributed by atoms with van der Waals surface area (Å²) in [6, 6.07) is 16.1. The number of hydrogen-bond donors (Lipinski definition) is 1. The van der Waals surface area contributed by atoms with E-state index >= 15 is 0 Å². The van der Waals surface area contributed by atoms with Crippen LogP contribution in [0.5, 0.6) is 11.5 Å². The first-order chi connectivity index (χ1) is 13.7. The van der Waals surface area contributed by atoms with Crippen LogP contribution in [0.4, 0.5) is 5.69 Å². The number of aliphatic hydroxyl groups excluding tert-OH is 1. The van der Waals surface area contributed by atoms with Crippen molar-refractivity contribution >= 4 is 5.69 Å². The Balaban J connectivity index is 1.43. The van der Waals surface area contributed by atoms with Gasteiger partial charge in [-0.05, 0) is 42.3 Å². The average molecular weight is 383 g/mol. The summed E-state index contributed by atoms with van der Waals surface area (Å²) in [5.74, 6) is 1.70. The summed E-state index contributed by atoms with van der Waals surface area (Å²) in [4.78, 5) is 4.66. The van der Waals surface area contributed by atoms with E-state index in [4.69, 9.17) is 9.47 Å². The molecule has 1 aliphatic rings. The van der Waals surface area contributed by atoms with Crippen LogP contribution in [0, 0.1) is 0 Å². The number of aliphatic hydroxyl groups is 1. The quantitative estimate of drug-likeness (QED) is 0.676. The van der Waals surface area contributed by atoms with E-state index in [0.29, 0.717) is 13.2 Å². The molecular weight excluding hydrogens is 352 g/mol. The van der Waals surface area contributed by atoms with Crippen molar-refractivity contribution in [2.75, 3.05) is 51.3 Å². The molecule has 0 radical (unpaired) electrons. The van der Waals surface area contributed by atoms with Gasteiger partial charge in [-0.3, -0.25) is 4.90 Å². The summed E-state index contributed by atoms with van der Waals surface area (Å²) in [7, 11) is 1.68. The molecular formula is C23H30N2O3. The smallest absolute Gasteiger partial charge is 0.122 e. The first kappa shape index (κ1) is 20.2. The van der Waals surface area contributed by atoms with Crippen molar-refractivity contribution in [1.29, 1.82) is 0 Å². The van der Waals surface area contributed by atoms with Gasteiger partial charge in [0.1, 0.15) is 24.2 Å². The van der Waals surface area contributed by atoms with Crippen LogP contribution in [0.1, 0.15) is 5.56 Å². The molecule has 5 heteroatoms. The molecule has 2 aromatic rings. The Morgan fingerprint density at radius 2 is 1.79 bits per heavy atom. The van der Waals surface area contributed by atoms with Crippen LogP contribution in [-0.2, 0) is 6.42 Å². The number of ether oxygens (including phenoxy) is 2. The minimum absolute atomic E-state index is 0.298. The fraction of sp³-hybridized carbons (Fsp3) is 0.391. The van der Waals surface area contributed by atoms with Gasteiger partial charge in [0.05, 0.1) is 7.11 Å². The number of anilines is 1. The number of rotatable bonds is 9. The number of methoxy groups -OCH3 is 1.